The molecule has 0 bridgehead atoms. The fourth-order valence-electron chi connectivity index (χ4n) is 1.70. The van der Waals surface area contributed by atoms with Crippen LogP contribution < -0.4 is 5.32 Å². The Kier molecular flexibility index (Phi) is 5.35. The Labute approximate surface area is 117 Å². The van der Waals surface area contributed by atoms with Crippen LogP contribution in [0.1, 0.15) is 36.7 Å². The predicted octanol–water partition coefficient (Wildman–Crippen LogP) is 3.30. The van der Waals surface area contributed by atoms with E-state index in [4.69, 9.17) is 4.74 Å². The van der Waals surface area contributed by atoms with Crippen LogP contribution >= 0.6 is 15.9 Å². The normalized spacial score (nSPS) is 11.4. The Balaban J connectivity index is 2.66. The maximum atomic E-state index is 12.0. The first-order valence-corrected chi connectivity index (χ1v) is 6.83. The van der Waals surface area contributed by atoms with Gasteiger partial charge in [-0.15, -0.1) is 0 Å². The fourth-order valence-corrected chi connectivity index (χ4v) is 2.31. The van der Waals surface area contributed by atoms with Crippen molar-refractivity contribution in [2.24, 2.45) is 0 Å². The van der Waals surface area contributed by atoms with Crippen LogP contribution in [0.2, 0.25) is 0 Å². The van der Waals surface area contributed by atoms with Gasteiger partial charge in [-0.2, -0.15) is 0 Å². The molecule has 0 aliphatic rings. The molecule has 0 fully saturated rings. The van der Waals surface area contributed by atoms with Gasteiger partial charge in [-0.05, 0) is 51.5 Å². The number of aryl methyl sites for hydroxylation is 1. The van der Waals surface area contributed by atoms with Gasteiger partial charge in [-0.25, -0.2) is 0 Å². The van der Waals surface area contributed by atoms with Gasteiger partial charge in [0.1, 0.15) is 0 Å². The number of nitrogens with one attached hydrogen (secondary N) is 1. The highest BCUT2D eigenvalue weighted by Crippen LogP contribution is 2.15. The number of benzene rings is 1. The number of rotatable bonds is 5. The molecule has 0 saturated carbocycles. The van der Waals surface area contributed by atoms with Crippen molar-refractivity contribution in [3.63, 3.8) is 0 Å². The molecule has 0 atom stereocenters. The largest absolute Gasteiger partial charge is 0.374 e. The lowest BCUT2D eigenvalue weighted by Gasteiger charge is -2.24. The second kappa shape index (κ2) is 6.34. The molecule has 0 saturated heterocycles. The van der Waals surface area contributed by atoms with Crippen molar-refractivity contribution in [3.8, 4) is 0 Å². The maximum Gasteiger partial charge on any atom is 0.251 e. The van der Waals surface area contributed by atoms with Crippen molar-refractivity contribution >= 4 is 21.8 Å². The van der Waals surface area contributed by atoms with Crippen LogP contribution in [0, 0.1) is 6.92 Å². The Morgan fingerprint density at radius 1 is 1.39 bits per heavy atom. The molecule has 1 amide bonds. The van der Waals surface area contributed by atoms with Crippen LogP contribution in [0.15, 0.2) is 22.7 Å². The first-order chi connectivity index (χ1) is 8.34. The summed E-state index contributed by atoms with van der Waals surface area (Å²) in [6.45, 7) is 8.96. The molecule has 0 heterocycles. The highest BCUT2D eigenvalue weighted by molar-refractivity contribution is 9.10. The molecular formula is C14H20BrNO2. The minimum atomic E-state index is -0.342. The van der Waals surface area contributed by atoms with Crippen molar-refractivity contribution in [2.45, 2.75) is 33.3 Å². The molecule has 0 aliphatic carbocycles. The van der Waals surface area contributed by atoms with E-state index in [1.165, 1.54) is 0 Å². The maximum absolute atomic E-state index is 12.0. The molecule has 18 heavy (non-hydrogen) atoms. The summed E-state index contributed by atoms with van der Waals surface area (Å²) in [6.07, 6.45) is 0. The summed E-state index contributed by atoms with van der Waals surface area (Å²) >= 11 is 3.39. The lowest BCUT2D eigenvalue weighted by atomic mass is 10.1. The highest BCUT2D eigenvalue weighted by Gasteiger charge is 2.19. The number of hydrogen-bond acceptors (Lipinski definition) is 2. The van der Waals surface area contributed by atoms with Gasteiger partial charge >= 0.3 is 0 Å². The van der Waals surface area contributed by atoms with Crippen molar-refractivity contribution in [3.05, 3.63) is 33.8 Å². The third-order valence-electron chi connectivity index (χ3n) is 2.51. The van der Waals surface area contributed by atoms with Gasteiger partial charge in [0, 0.05) is 23.2 Å². The highest BCUT2D eigenvalue weighted by atomic mass is 79.9. The van der Waals surface area contributed by atoms with Crippen molar-refractivity contribution in [2.75, 3.05) is 13.2 Å². The Morgan fingerprint density at radius 2 is 2.06 bits per heavy atom. The Morgan fingerprint density at radius 3 is 2.61 bits per heavy atom. The zero-order chi connectivity index (χ0) is 13.8. The topological polar surface area (TPSA) is 38.3 Å². The standard InChI is InChI=1S/C14H20BrNO2/c1-5-18-14(3,4)9-16-13(17)11-6-10(2)7-12(15)8-11/h6-8H,5,9H2,1-4H3,(H,16,17). The third-order valence-corrected chi connectivity index (χ3v) is 2.97. The molecule has 0 radical (unpaired) electrons. The van der Waals surface area contributed by atoms with E-state index >= 15 is 0 Å². The molecule has 0 aliphatic heterocycles. The third kappa shape index (κ3) is 4.78. The van der Waals surface area contributed by atoms with E-state index in [2.05, 4.69) is 21.2 Å². The quantitative estimate of drug-likeness (QED) is 0.905. The van der Waals surface area contributed by atoms with E-state index in [1.807, 2.05) is 45.9 Å². The molecular weight excluding hydrogens is 294 g/mol. The lowest BCUT2D eigenvalue weighted by molar-refractivity contribution is -0.00815. The van der Waals surface area contributed by atoms with Crippen molar-refractivity contribution in [1.29, 1.82) is 0 Å². The number of carbonyl (C=O) groups excluding carboxylic acids is 1. The van der Waals surface area contributed by atoms with Gasteiger partial charge in [-0.3, -0.25) is 4.79 Å². The van der Waals surface area contributed by atoms with Gasteiger partial charge in [0.25, 0.3) is 5.91 Å². The second-order valence-electron chi connectivity index (χ2n) is 4.89. The second-order valence-corrected chi connectivity index (χ2v) is 5.81. The van der Waals surface area contributed by atoms with E-state index in [0.29, 0.717) is 18.7 Å². The smallest absolute Gasteiger partial charge is 0.251 e. The molecule has 1 N–H and O–H groups in total. The first-order valence-electron chi connectivity index (χ1n) is 6.03. The SMILES string of the molecule is CCOC(C)(C)CNC(=O)c1cc(C)cc(Br)c1. The van der Waals surface area contributed by atoms with E-state index in [9.17, 15) is 4.79 Å². The average Bonchev–Trinajstić information content (AvgIpc) is 2.24. The van der Waals surface area contributed by atoms with Crippen LogP contribution in [0.3, 0.4) is 0 Å². The Hall–Kier alpha value is -0.870. The lowest BCUT2D eigenvalue weighted by Crippen LogP contribution is -2.40. The van der Waals surface area contributed by atoms with Crippen molar-refractivity contribution in [1.82, 2.24) is 5.32 Å². The van der Waals surface area contributed by atoms with Crippen LogP contribution in [0.5, 0.6) is 0 Å². The number of carbonyl (C=O) groups is 1. The minimum Gasteiger partial charge on any atom is -0.374 e. The van der Waals surface area contributed by atoms with E-state index in [-0.39, 0.29) is 11.5 Å². The zero-order valence-electron chi connectivity index (χ0n) is 11.3. The van der Waals surface area contributed by atoms with Gasteiger partial charge in [0.05, 0.1) is 5.60 Å². The predicted molar refractivity (Wildman–Crippen MR) is 76.9 cm³/mol. The van der Waals surface area contributed by atoms with Gasteiger partial charge in [-0.1, -0.05) is 15.9 Å². The summed E-state index contributed by atoms with van der Waals surface area (Å²) < 4.78 is 6.45. The van der Waals surface area contributed by atoms with Gasteiger partial charge in [0.2, 0.25) is 0 Å². The molecule has 100 valence electrons. The minimum absolute atomic E-state index is 0.0767. The Bertz CT molecular complexity index is 410. The van der Waals surface area contributed by atoms with Crippen LogP contribution in [-0.2, 0) is 4.74 Å². The summed E-state index contributed by atoms with van der Waals surface area (Å²) in [5.74, 6) is -0.0767. The first kappa shape index (κ1) is 15.2. The molecule has 1 aromatic rings. The number of amides is 1. The summed E-state index contributed by atoms with van der Waals surface area (Å²) in [7, 11) is 0. The van der Waals surface area contributed by atoms with E-state index in [1.54, 1.807) is 0 Å². The van der Waals surface area contributed by atoms with Crippen LogP contribution in [0.25, 0.3) is 0 Å². The summed E-state index contributed by atoms with van der Waals surface area (Å²) in [4.78, 5) is 12.0. The number of hydrogen-bond donors (Lipinski definition) is 1. The van der Waals surface area contributed by atoms with E-state index in [0.717, 1.165) is 10.0 Å². The monoisotopic (exact) mass is 313 g/mol. The molecule has 3 nitrogen and oxygen atoms in total. The van der Waals surface area contributed by atoms with Gasteiger partial charge < -0.3 is 10.1 Å². The molecule has 0 spiro atoms. The zero-order valence-corrected chi connectivity index (χ0v) is 12.9. The molecule has 1 rings (SSSR count). The summed E-state index contributed by atoms with van der Waals surface area (Å²) in [6, 6.07) is 5.66. The number of ether oxygens (including phenoxy) is 1. The van der Waals surface area contributed by atoms with Crippen LogP contribution in [0.4, 0.5) is 0 Å². The molecule has 0 unspecified atom stereocenters. The average molecular weight is 314 g/mol. The van der Waals surface area contributed by atoms with Gasteiger partial charge in [0.15, 0.2) is 0 Å². The fraction of sp³-hybridized carbons (Fsp3) is 0.500. The summed E-state index contributed by atoms with van der Waals surface area (Å²) in [5, 5.41) is 2.89. The molecule has 1 aromatic carbocycles. The molecule has 4 heteroatoms. The van der Waals surface area contributed by atoms with Crippen LogP contribution in [-0.4, -0.2) is 24.7 Å². The number of halogens is 1. The van der Waals surface area contributed by atoms with Crippen molar-refractivity contribution < 1.29 is 9.53 Å². The van der Waals surface area contributed by atoms with E-state index < -0.39 is 0 Å². The molecule has 0 aromatic heterocycles. The summed E-state index contributed by atoms with van der Waals surface area (Å²) in [5.41, 5.74) is 1.37.